The van der Waals surface area contributed by atoms with E-state index in [4.69, 9.17) is 14.7 Å². The van der Waals surface area contributed by atoms with E-state index in [-0.39, 0.29) is 18.2 Å². The Morgan fingerprint density at radius 1 is 1.07 bits per heavy atom. The molecule has 2 heterocycles. The molecule has 1 unspecified atom stereocenters. The summed E-state index contributed by atoms with van der Waals surface area (Å²) in [5.74, 6) is 0. The highest BCUT2D eigenvalue weighted by Crippen LogP contribution is 2.33. The molecular formula is C21H29BrN4O2. The highest BCUT2D eigenvalue weighted by Gasteiger charge is 2.36. The molecule has 0 spiro atoms. The molecule has 1 amide bonds. The number of fused-ring (bicyclic) bond motifs is 1. The van der Waals surface area contributed by atoms with E-state index >= 15 is 0 Å². The van der Waals surface area contributed by atoms with Crippen LogP contribution in [-0.4, -0.2) is 51.7 Å². The number of hydrogen-bond donors (Lipinski definition) is 0. The van der Waals surface area contributed by atoms with Crippen molar-refractivity contribution in [3.63, 3.8) is 0 Å². The summed E-state index contributed by atoms with van der Waals surface area (Å²) in [6.07, 6.45) is -0.251. The van der Waals surface area contributed by atoms with Gasteiger partial charge in [0.1, 0.15) is 16.6 Å². The van der Waals surface area contributed by atoms with Crippen LogP contribution in [0.25, 0.3) is 11.0 Å². The maximum absolute atomic E-state index is 12.7. The minimum Gasteiger partial charge on any atom is -0.444 e. The molecule has 3 rings (SSSR count). The number of aryl methyl sites for hydroxylation is 2. The molecule has 0 aliphatic carbocycles. The Kier molecular flexibility index (Phi) is 5.58. The maximum Gasteiger partial charge on any atom is 0.410 e. The van der Waals surface area contributed by atoms with Gasteiger partial charge in [0.2, 0.25) is 0 Å². The molecule has 1 aromatic carbocycles. The molecule has 1 aromatic heterocycles. The van der Waals surface area contributed by atoms with Crippen LogP contribution in [0.5, 0.6) is 0 Å². The number of benzene rings is 1. The first-order valence-electron chi connectivity index (χ1n) is 9.67. The van der Waals surface area contributed by atoms with Crippen molar-refractivity contribution in [3.05, 3.63) is 28.0 Å². The molecule has 0 radical (unpaired) electrons. The second kappa shape index (κ2) is 7.50. The van der Waals surface area contributed by atoms with E-state index in [0.717, 1.165) is 45.7 Å². The lowest BCUT2D eigenvalue weighted by atomic mass is 10.1. The smallest absolute Gasteiger partial charge is 0.410 e. The lowest BCUT2D eigenvalue weighted by Crippen LogP contribution is -2.59. The minimum absolute atomic E-state index is 0.0248. The highest BCUT2D eigenvalue weighted by molar-refractivity contribution is 9.10. The predicted octanol–water partition coefficient (Wildman–Crippen LogP) is 4.84. The molecule has 28 heavy (non-hydrogen) atoms. The number of aromatic nitrogens is 2. The molecule has 1 aliphatic rings. The average molecular weight is 449 g/mol. The molecule has 1 saturated heterocycles. The molecule has 1 fully saturated rings. The molecule has 152 valence electrons. The van der Waals surface area contributed by atoms with Crippen molar-refractivity contribution in [1.29, 1.82) is 0 Å². The van der Waals surface area contributed by atoms with Gasteiger partial charge < -0.3 is 9.64 Å². The van der Waals surface area contributed by atoms with Crippen molar-refractivity contribution < 1.29 is 9.53 Å². The summed E-state index contributed by atoms with van der Waals surface area (Å²) < 4.78 is 6.55. The number of ether oxygens (including phenoxy) is 1. The topological polar surface area (TPSA) is 58.6 Å². The van der Waals surface area contributed by atoms with Gasteiger partial charge in [-0.15, -0.1) is 0 Å². The monoisotopic (exact) mass is 448 g/mol. The number of carbonyl (C=O) groups is 1. The third-order valence-electron chi connectivity index (χ3n) is 5.03. The average Bonchev–Trinajstić information content (AvgIpc) is 2.54. The van der Waals surface area contributed by atoms with E-state index in [0.29, 0.717) is 0 Å². The first kappa shape index (κ1) is 20.8. The Balaban J connectivity index is 1.92. The largest absolute Gasteiger partial charge is 0.444 e. The summed E-state index contributed by atoms with van der Waals surface area (Å²) in [4.78, 5) is 26.4. The Morgan fingerprint density at radius 3 is 2.14 bits per heavy atom. The van der Waals surface area contributed by atoms with Crippen molar-refractivity contribution in [2.24, 2.45) is 0 Å². The Hall–Kier alpha value is -1.89. The lowest BCUT2D eigenvalue weighted by Gasteiger charge is -2.45. The van der Waals surface area contributed by atoms with Gasteiger partial charge in [-0.25, -0.2) is 14.8 Å². The standard InChI is InChI=1S/C21H29BrN4O2/c1-12-10-25(11-13(2)26(12)20(27)28-21(5,6)7)17-9-8-16(22)18-19(17)24-15(4)14(3)23-18/h8-9,12-13H,10-11H2,1-7H3/t12-,13?/m0/s1. The van der Waals surface area contributed by atoms with Gasteiger partial charge in [-0.1, -0.05) is 0 Å². The van der Waals surface area contributed by atoms with Crippen molar-refractivity contribution in [1.82, 2.24) is 14.9 Å². The van der Waals surface area contributed by atoms with Crippen LogP contribution in [0.4, 0.5) is 10.5 Å². The van der Waals surface area contributed by atoms with E-state index < -0.39 is 5.60 Å². The van der Waals surface area contributed by atoms with E-state index in [1.165, 1.54) is 0 Å². The number of carbonyl (C=O) groups excluding carboxylic acids is 1. The second-order valence-electron chi connectivity index (χ2n) is 8.65. The number of anilines is 1. The summed E-state index contributed by atoms with van der Waals surface area (Å²) in [5.41, 5.74) is 4.18. The molecular weight excluding hydrogens is 420 g/mol. The van der Waals surface area contributed by atoms with Gasteiger partial charge in [0.25, 0.3) is 0 Å². The maximum atomic E-state index is 12.7. The van der Waals surface area contributed by atoms with Gasteiger partial charge in [0.05, 0.1) is 29.2 Å². The number of piperazine rings is 1. The summed E-state index contributed by atoms with van der Waals surface area (Å²) >= 11 is 3.60. The molecule has 0 saturated carbocycles. The predicted molar refractivity (Wildman–Crippen MR) is 116 cm³/mol. The van der Waals surface area contributed by atoms with Crippen molar-refractivity contribution in [2.75, 3.05) is 18.0 Å². The van der Waals surface area contributed by atoms with Crippen molar-refractivity contribution in [3.8, 4) is 0 Å². The third kappa shape index (κ3) is 4.09. The fourth-order valence-corrected chi connectivity index (χ4v) is 4.12. The van der Waals surface area contributed by atoms with E-state index in [2.05, 4.69) is 40.7 Å². The fourth-order valence-electron chi connectivity index (χ4n) is 3.71. The number of rotatable bonds is 1. The molecule has 2 atom stereocenters. The van der Waals surface area contributed by atoms with Crippen LogP contribution >= 0.6 is 15.9 Å². The van der Waals surface area contributed by atoms with E-state index in [1.807, 2.05) is 45.6 Å². The molecule has 1 aliphatic heterocycles. The summed E-state index contributed by atoms with van der Waals surface area (Å²) in [6.45, 7) is 15.2. The van der Waals surface area contributed by atoms with Gasteiger partial charge in [0, 0.05) is 17.6 Å². The first-order chi connectivity index (χ1) is 13.0. The fraction of sp³-hybridized carbons (Fsp3) is 0.571. The van der Waals surface area contributed by atoms with Crippen LogP contribution in [0.2, 0.25) is 0 Å². The molecule has 0 bridgehead atoms. The molecule has 2 aromatic rings. The summed E-state index contributed by atoms with van der Waals surface area (Å²) in [6, 6.07) is 4.16. The lowest BCUT2D eigenvalue weighted by molar-refractivity contribution is 0.00568. The molecule has 0 N–H and O–H groups in total. The minimum atomic E-state index is -0.499. The van der Waals surface area contributed by atoms with Crippen LogP contribution in [-0.2, 0) is 4.74 Å². The zero-order chi connectivity index (χ0) is 20.8. The van der Waals surface area contributed by atoms with Gasteiger partial charge in [-0.05, 0) is 76.5 Å². The van der Waals surface area contributed by atoms with Crippen molar-refractivity contribution >= 4 is 38.7 Å². The third-order valence-corrected chi connectivity index (χ3v) is 5.67. The van der Waals surface area contributed by atoms with Gasteiger partial charge in [-0.3, -0.25) is 4.90 Å². The van der Waals surface area contributed by atoms with Gasteiger partial charge in [0.15, 0.2) is 0 Å². The number of hydrogen-bond acceptors (Lipinski definition) is 5. The summed E-state index contributed by atoms with van der Waals surface area (Å²) in [5, 5.41) is 0. The van der Waals surface area contributed by atoms with Crippen LogP contribution in [0.1, 0.15) is 46.0 Å². The van der Waals surface area contributed by atoms with Crippen LogP contribution < -0.4 is 4.90 Å². The highest BCUT2D eigenvalue weighted by atomic mass is 79.9. The van der Waals surface area contributed by atoms with Crippen LogP contribution in [0, 0.1) is 13.8 Å². The summed E-state index contributed by atoms with van der Waals surface area (Å²) in [7, 11) is 0. The van der Waals surface area contributed by atoms with Gasteiger partial charge in [-0.2, -0.15) is 0 Å². The zero-order valence-corrected chi connectivity index (χ0v) is 19.3. The van der Waals surface area contributed by atoms with Crippen LogP contribution in [0.15, 0.2) is 16.6 Å². The van der Waals surface area contributed by atoms with Crippen LogP contribution in [0.3, 0.4) is 0 Å². The first-order valence-corrected chi connectivity index (χ1v) is 10.5. The normalized spacial score (nSPS) is 20.6. The Labute approximate surface area is 175 Å². The molecule has 6 nitrogen and oxygen atoms in total. The van der Waals surface area contributed by atoms with Crippen molar-refractivity contribution in [2.45, 2.75) is 66.2 Å². The number of nitrogens with zero attached hydrogens (tertiary/aromatic N) is 4. The second-order valence-corrected chi connectivity index (χ2v) is 9.50. The SMILES string of the molecule is Cc1nc2c(Br)ccc(N3CC(C)N(C(=O)OC(C)(C)C)[C@@H](C)C3)c2nc1C. The quantitative estimate of drug-likeness (QED) is 0.624. The Bertz CT molecular complexity index is 897. The number of amides is 1. The van der Waals surface area contributed by atoms with E-state index in [1.54, 1.807) is 0 Å². The molecule has 7 heteroatoms. The number of halogens is 1. The van der Waals surface area contributed by atoms with Gasteiger partial charge >= 0.3 is 6.09 Å². The van der Waals surface area contributed by atoms with E-state index in [9.17, 15) is 4.79 Å². The zero-order valence-electron chi connectivity index (χ0n) is 17.7. The Morgan fingerprint density at radius 2 is 1.61 bits per heavy atom.